The SMILES string of the molecule is C=C/C=N\c1c(C)ccc(/C(C=C)=C\N=C(/N)NC(=N)/C=C\N)c1N(C)CC. The number of benzene rings is 1. The molecule has 28 heavy (non-hydrogen) atoms. The lowest BCUT2D eigenvalue weighted by Crippen LogP contribution is -2.35. The second-order valence-corrected chi connectivity index (χ2v) is 5.86. The maximum Gasteiger partial charge on any atom is 0.198 e. The van der Waals surface area contributed by atoms with Crippen molar-refractivity contribution in [3.05, 3.63) is 67.0 Å². The Bertz CT molecular complexity index is 845. The Morgan fingerprint density at radius 3 is 2.64 bits per heavy atom. The largest absolute Gasteiger partial charge is 0.404 e. The van der Waals surface area contributed by atoms with E-state index in [1.807, 2.05) is 26.1 Å². The van der Waals surface area contributed by atoms with Gasteiger partial charge in [-0.3, -0.25) is 10.4 Å². The standard InChI is InChI=1S/C21H29N7/c1-6-13-25-19-15(4)9-10-17(20(19)28(5)8-3)16(7-2)14-26-21(24)27-18(23)11-12-22/h6-7,9-14H,1-2,8,22H2,3-5H3,(H4,23,24,26,27)/b12-11-,16-14-,25-13-. The highest BCUT2D eigenvalue weighted by Gasteiger charge is 2.15. The first-order chi connectivity index (χ1) is 13.4. The lowest BCUT2D eigenvalue weighted by atomic mass is 9.99. The number of allylic oxidation sites excluding steroid dienone is 3. The maximum absolute atomic E-state index is 7.64. The number of hydrogen-bond donors (Lipinski definition) is 4. The summed E-state index contributed by atoms with van der Waals surface area (Å²) in [4.78, 5) is 10.9. The lowest BCUT2D eigenvalue weighted by molar-refractivity contribution is 0.964. The van der Waals surface area contributed by atoms with E-state index in [0.29, 0.717) is 0 Å². The summed E-state index contributed by atoms with van der Waals surface area (Å²) in [6, 6.07) is 4.01. The molecule has 0 bridgehead atoms. The number of amidine groups is 1. The van der Waals surface area contributed by atoms with Crippen LogP contribution in [0, 0.1) is 12.3 Å². The summed E-state index contributed by atoms with van der Waals surface area (Å²) >= 11 is 0. The number of nitrogens with two attached hydrogens (primary N) is 2. The van der Waals surface area contributed by atoms with Gasteiger partial charge in [-0.15, -0.1) is 0 Å². The van der Waals surface area contributed by atoms with Crippen molar-refractivity contribution in [3.8, 4) is 0 Å². The van der Waals surface area contributed by atoms with E-state index in [1.54, 1.807) is 24.6 Å². The van der Waals surface area contributed by atoms with Gasteiger partial charge in [-0.2, -0.15) is 0 Å². The predicted octanol–water partition coefficient (Wildman–Crippen LogP) is 3.22. The summed E-state index contributed by atoms with van der Waals surface area (Å²) in [7, 11) is 2.01. The minimum absolute atomic E-state index is 0.0418. The minimum Gasteiger partial charge on any atom is -0.404 e. The molecule has 0 saturated carbocycles. The first-order valence-electron chi connectivity index (χ1n) is 8.79. The summed E-state index contributed by atoms with van der Waals surface area (Å²) in [6.07, 6.45) is 9.26. The van der Waals surface area contributed by atoms with Gasteiger partial charge in [0.05, 0.1) is 11.4 Å². The molecule has 0 aliphatic carbocycles. The number of guanidine groups is 1. The van der Waals surface area contributed by atoms with Gasteiger partial charge in [-0.1, -0.05) is 37.4 Å². The van der Waals surface area contributed by atoms with Crippen LogP contribution in [0.5, 0.6) is 0 Å². The molecule has 0 aromatic heterocycles. The van der Waals surface area contributed by atoms with Gasteiger partial charge in [0.1, 0.15) is 5.84 Å². The highest BCUT2D eigenvalue weighted by Crippen LogP contribution is 2.38. The lowest BCUT2D eigenvalue weighted by Gasteiger charge is -2.24. The number of hydrogen-bond acceptors (Lipinski definition) is 5. The van der Waals surface area contributed by atoms with Crippen molar-refractivity contribution in [2.45, 2.75) is 13.8 Å². The van der Waals surface area contributed by atoms with Crippen LogP contribution >= 0.6 is 0 Å². The van der Waals surface area contributed by atoms with Gasteiger partial charge in [0.15, 0.2) is 5.96 Å². The highest BCUT2D eigenvalue weighted by atomic mass is 15.1. The monoisotopic (exact) mass is 379 g/mol. The fourth-order valence-corrected chi connectivity index (χ4v) is 2.43. The molecule has 0 radical (unpaired) electrons. The van der Waals surface area contributed by atoms with Crippen LogP contribution in [0.3, 0.4) is 0 Å². The first-order valence-corrected chi connectivity index (χ1v) is 8.79. The van der Waals surface area contributed by atoms with Crippen molar-refractivity contribution in [2.75, 3.05) is 18.5 Å². The molecule has 7 nitrogen and oxygen atoms in total. The van der Waals surface area contributed by atoms with Gasteiger partial charge in [0.2, 0.25) is 0 Å². The van der Waals surface area contributed by atoms with E-state index in [2.05, 4.69) is 40.3 Å². The second-order valence-electron chi connectivity index (χ2n) is 5.86. The van der Waals surface area contributed by atoms with Crippen LogP contribution in [0.15, 0.2) is 65.9 Å². The molecule has 0 unspecified atom stereocenters. The van der Waals surface area contributed by atoms with Crippen molar-refractivity contribution < 1.29 is 0 Å². The van der Waals surface area contributed by atoms with E-state index in [1.165, 1.54) is 12.3 Å². The molecule has 6 N–H and O–H groups in total. The molecule has 0 fully saturated rings. The third kappa shape index (κ3) is 5.98. The van der Waals surface area contributed by atoms with Gasteiger partial charge in [-0.05, 0) is 31.7 Å². The third-order valence-electron chi connectivity index (χ3n) is 3.92. The smallest absolute Gasteiger partial charge is 0.198 e. The summed E-state index contributed by atoms with van der Waals surface area (Å²) in [5.74, 6) is 0.116. The van der Waals surface area contributed by atoms with Crippen molar-refractivity contribution in [3.63, 3.8) is 0 Å². The van der Waals surface area contributed by atoms with Gasteiger partial charge in [0, 0.05) is 37.1 Å². The molecule has 1 rings (SSSR count). The normalized spacial score (nSPS) is 12.4. The van der Waals surface area contributed by atoms with E-state index in [0.717, 1.165) is 34.6 Å². The Kier molecular flexibility index (Phi) is 8.95. The van der Waals surface area contributed by atoms with Crippen LogP contribution in [0.2, 0.25) is 0 Å². The van der Waals surface area contributed by atoms with Gasteiger partial charge < -0.3 is 21.7 Å². The average Bonchev–Trinajstić information content (AvgIpc) is 2.67. The van der Waals surface area contributed by atoms with E-state index in [9.17, 15) is 0 Å². The van der Waals surface area contributed by atoms with Crippen LogP contribution in [-0.4, -0.2) is 31.6 Å². The fourth-order valence-electron chi connectivity index (χ4n) is 2.43. The molecule has 0 spiro atoms. The molecule has 0 saturated heterocycles. The van der Waals surface area contributed by atoms with Crippen LogP contribution in [0.1, 0.15) is 18.1 Å². The predicted molar refractivity (Wildman–Crippen MR) is 122 cm³/mol. The number of anilines is 1. The fraction of sp³-hybridized carbons (Fsp3) is 0.190. The zero-order chi connectivity index (χ0) is 21.1. The van der Waals surface area contributed by atoms with Crippen molar-refractivity contribution in [2.24, 2.45) is 21.5 Å². The molecule has 0 atom stereocenters. The van der Waals surface area contributed by atoms with Crippen molar-refractivity contribution in [1.29, 1.82) is 5.41 Å². The minimum atomic E-state index is 0.0418. The number of rotatable bonds is 8. The number of aliphatic imine (C=N–C) groups is 2. The molecule has 0 aliphatic rings. The van der Waals surface area contributed by atoms with E-state index >= 15 is 0 Å². The second kappa shape index (κ2) is 11.2. The highest BCUT2D eigenvalue weighted by molar-refractivity contribution is 6.03. The third-order valence-corrected chi connectivity index (χ3v) is 3.92. The van der Waals surface area contributed by atoms with Gasteiger partial charge in [0.25, 0.3) is 0 Å². The van der Waals surface area contributed by atoms with Crippen LogP contribution in [0.4, 0.5) is 11.4 Å². The van der Waals surface area contributed by atoms with Crippen LogP contribution in [0.25, 0.3) is 5.57 Å². The summed E-state index contributed by atoms with van der Waals surface area (Å²) in [5.41, 5.74) is 15.7. The zero-order valence-corrected chi connectivity index (χ0v) is 16.7. The summed E-state index contributed by atoms with van der Waals surface area (Å²) in [5, 5.41) is 10.3. The molecule has 0 amide bonds. The number of aryl methyl sites for hydroxylation is 1. The quantitative estimate of drug-likeness (QED) is 0.315. The Hall–Kier alpha value is -3.61. The Morgan fingerprint density at radius 2 is 2.07 bits per heavy atom. The zero-order valence-electron chi connectivity index (χ0n) is 16.7. The van der Waals surface area contributed by atoms with Gasteiger partial charge in [-0.25, -0.2) is 4.99 Å². The van der Waals surface area contributed by atoms with Crippen molar-refractivity contribution >= 4 is 35.0 Å². The van der Waals surface area contributed by atoms with E-state index in [4.69, 9.17) is 16.9 Å². The van der Waals surface area contributed by atoms with E-state index < -0.39 is 0 Å². The van der Waals surface area contributed by atoms with Crippen LogP contribution < -0.4 is 21.7 Å². The molecular formula is C21H29N7. The van der Waals surface area contributed by atoms with Gasteiger partial charge >= 0.3 is 0 Å². The Balaban J connectivity index is 3.49. The summed E-state index contributed by atoms with van der Waals surface area (Å²) in [6.45, 7) is 12.5. The van der Waals surface area contributed by atoms with Crippen molar-refractivity contribution in [1.82, 2.24) is 5.32 Å². The summed E-state index contributed by atoms with van der Waals surface area (Å²) < 4.78 is 0. The molecule has 1 aromatic carbocycles. The number of nitrogens with zero attached hydrogens (tertiary/aromatic N) is 3. The molecule has 1 aromatic rings. The Labute approximate surface area is 167 Å². The molecular weight excluding hydrogens is 350 g/mol. The maximum atomic E-state index is 7.64. The number of nitrogens with one attached hydrogen (secondary N) is 2. The first kappa shape index (κ1) is 22.4. The topological polar surface area (TPSA) is 116 Å². The van der Waals surface area contributed by atoms with E-state index in [-0.39, 0.29) is 11.8 Å². The Morgan fingerprint density at radius 1 is 1.36 bits per heavy atom. The molecule has 148 valence electrons. The molecule has 0 aliphatic heterocycles. The van der Waals surface area contributed by atoms with Crippen LogP contribution in [-0.2, 0) is 0 Å². The molecule has 0 heterocycles. The average molecular weight is 380 g/mol. The molecule has 7 heteroatoms.